The SMILES string of the molecule is CC1(C)OB(c2ccc(COc3nc4ccccc4s3)cc2)OC1(C)C. The van der Waals surface area contributed by atoms with Gasteiger partial charge in [-0.1, -0.05) is 47.7 Å². The number of ether oxygens (including phenoxy) is 1. The molecule has 2 aromatic carbocycles. The van der Waals surface area contributed by atoms with Gasteiger partial charge in [0.05, 0.1) is 21.4 Å². The molecule has 0 bridgehead atoms. The molecule has 0 atom stereocenters. The van der Waals surface area contributed by atoms with E-state index in [1.807, 2.05) is 42.5 Å². The van der Waals surface area contributed by atoms with Crippen LogP contribution in [0.2, 0.25) is 0 Å². The monoisotopic (exact) mass is 367 g/mol. The van der Waals surface area contributed by atoms with Gasteiger partial charge in [-0.15, -0.1) is 0 Å². The van der Waals surface area contributed by atoms with Gasteiger partial charge in [0.2, 0.25) is 0 Å². The van der Waals surface area contributed by atoms with Crippen LogP contribution in [0.25, 0.3) is 10.2 Å². The zero-order valence-electron chi connectivity index (χ0n) is 15.5. The fraction of sp³-hybridized carbons (Fsp3) is 0.350. The van der Waals surface area contributed by atoms with Crippen molar-refractivity contribution >= 4 is 34.1 Å². The molecule has 2 heterocycles. The van der Waals surface area contributed by atoms with Crippen molar-refractivity contribution < 1.29 is 14.0 Å². The van der Waals surface area contributed by atoms with Gasteiger partial charge in [-0.2, -0.15) is 0 Å². The number of rotatable bonds is 4. The third-order valence-electron chi connectivity index (χ3n) is 5.14. The number of aromatic nitrogens is 1. The van der Waals surface area contributed by atoms with Crippen molar-refractivity contribution in [2.24, 2.45) is 0 Å². The van der Waals surface area contributed by atoms with Crippen LogP contribution in [0.4, 0.5) is 0 Å². The molecule has 0 spiro atoms. The Balaban J connectivity index is 1.42. The van der Waals surface area contributed by atoms with Crippen molar-refractivity contribution in [3.63, 3.8) is 0 Å². The lowest BCUT2D eigenvalue weighted by molar-refractivity contribution is 0.00578. The Morgan fingerprint density at radius 2 is 1.62 bits per heavy atom. The molecule has 0 aliphatic carbocycles. The van der Waals surface area contributed by atoms with Crippen molar-refractivity contribution in [1.29, 1.82) is 0 Å². The Bertz CT molecular complexity index is 871. The van der Waals surface area contributed by atoms with E-state index in [0.29, 0.717) is 11.8 Å². The summed E-state index contributed by atoms with van der Waals surface area (Å²) in [5.41, 5.74) is 2.43. The highest BCUT2D eigenvalue weighted by Gasteiger charge is 2.51. The van der Waals surface area contributed by atoms with Crippen molar-refractivity contribution in [2.45, 2.75) is 45.5 Å². The average Bonchev–Trinajstić information content (AvgIpc) is 3.11. The van der Waals surface area contributed by atoms with Crippen LogP contribution in [-0.2, 0) is 15.9 Å². The lowest BCUT2D eigenvalue weighted by atomic mass is 9.79. The Morgan fingerprint density at radius 3 is 2.27 bits per heavy atom. The molecule has 0 saturated carbocycles. The first-order valence-electron chi connectivity index (χ1n) is 8.77. The molecule has 1 aliphatic rings. The van der Waals surface area contributed by atoms with Gasteiger partial charge >= 0.3 is 7.12 Å². The number of hydrogen-bond donors (Lipinski definition) is 0. The van der Waals surface area contributed by atoms with E-state index in [-0.39, 0.29) is 18.3 Å². The van der Waals surface area contributed by atoms with E-state index in [9.17, 15) is 0 Å². The van der Waals surface area contributed by atoms with Crippen LogP contribution >= 0.6 is 11.3 Å². The van der Waals surface area contributed by atoms with Crippen molar-refractivity contribution in [3.8, 4) is 5.19 Å². The lowest BCUT2D eigenvalue weighted by Crippen LogP contribution is -2.41. The number of hydrogen-bond acceptors (Lipinski definition) is 5. The molecule has 1 fully saturated rings. The van der Waals surface area contributed by atoms with E-state index in [1.54, 1.807) is 11.3 Å². The standard InChI is InChI=1S/C20H22BNO3S/c1-19(2)20(3,4)25-21(24-19)15-11-9-14(10-12-15)13-23-18-22-16-7-5-6-8-17(16)26-18/h5-12H,13H2,1-4H3. The highest BCUT2D eigenvalue weighted by molar-refractivity contribution is 7.20. The lowest BCUT2D eigenvalue weighted by Gasteiger charge is -2.32. The largest absolute Gasteiger partial charge is 0.494 e. The summed E-state index contributed by atoms with van der Waals surface area (Å²) >= 11 is 1.57. The van der Waals surface area contributed by atoms with Gasteiger partial charge in [0.15, 0.2) is 0 Å². The maximum Gasteiger partial charge on any atom is 0.494 e. The molecule has 1 aromatic heterocycles. The van der Waals surface area contributed by atoms with Crippen LogP contribution < -0.4 is 10.2 Å². The van der Waals surface area contributed by atoms with Gasteiger partial charge in [0.1, 0.15) is 6.61 Å². The molecule has 0 radical (unpaired) electrons. The van der Waals surface area contributed by atoms with E-state index in [1.165, 1.54) is 0 Å². The van der Waals surface area contributed by atoms with Crippen LogP contribution in [-0.4, -0.2) is 23.3 Å². The number of nitrogens with zero attached hydrogens (tertiary/aromatic N) is 1. The van der Waals surface area contributed by atoms with E-state index in [0.717, 1.165) is 21.2 Å². The summed E-state index contributed by atoms with van der Waals surface area (Å²) in [4.78, 5) is 4.50. The van der Waals surface area contributed by atoms with Crippen molar-refractivity contribution in [2.75, 3.05) is 0 Å². The molecule has 26 heavy (non-hydrogen) atoms. The molecule has 134 valence electrons. The Kier molecular flexibility index (Phi) is 4.30. The number of benzene rings is 2. The van der Waals surface area contributed by atoms with E-state index in [2.05, 4.69) is 38.7 Å². The Morgan fingerprint density at radius 1 is 0.962 bits per heavy atom. The second-order valence-corrected chi connectivity index (χ2v) is 8.56. The molecular formula is C20H22BNO3S. The molecule has 4 rings (SSSR count). The van der Waals surface area contributed by atoms with Gasteiger partial charge < -0.3 is 14.0 Å². The third kappa shape index (κ3) is 3.25. The van der Waals surface area contributed by atoms with Crippen molar-refractivity contribution in [1.82, 2.24) is 4.98 Å². The molecule has 1 aliphatic heterocycles. The summed E-state index contributed by atoms with van der Waals surface area (Å²) < 4.78 is 19.2. The first-order chi connectivity index (χ1) is 12.3. The summed E-state index contributed by atoms with van der Waals surface area (Å²) in [6.45, 7) is 8.74. The van der Waals surface area contributed by atoms with Crippen LogP contribution in [0.5, 0.6) is 5.19 Å². The van der Waals surface area contributed by atoms with E-state index >= 15 is 0 Å². The normalized spacial score (nSPS) is 18.4. The molecule has 4 nitrogen and oxygen atoms in total. The zero-order valence-corrected chi connectivity index (χ0v) is 16.3. The topological polar surface area (TPSA) is 40.6 Å². The predicted octanol–water partition coefficient (Wildman–Crippen LogP) is 4.17. The number of para-hydroxylation sites is 1. The summed E-state index contributed by atoms with van der Waals surface area (Å²) in [5, 5.41) is 0.696. The fourth-order valence-corrected chi connectivity index (χ4v) is 3.62. The van der Waals surface area contributed by atoms with Gasteiger partial charge in [-0.3, -0.25) is 0 Å². The average molecular weight is 367 g/mol. The second kappa shape index (κ2) is 6.37. The second-order valence-electron chi connectivity index (χ2n) is 7.57. The van der Waals surface area contributed by atoms with Gasteiger partial charge in [0, 0.05) is 0 Å². The first kappa shape index (κ1) is 17.5. The molecule has 3 aromatic rings. The zero-order chi connectivity index (χ0) is 18.4. The molecule has 0 unspecified atom stereocenters. The third-order valence-corrected chi connectivity index (χ3v) is 6.09. The summed E-state index contributed by atoms with van der Waals surface area (Å²) in [6, 6.07) is 16.2. The number of thiazole rings is 1. The smallest absolute Gasteiger partial charge is 0.465 e. The Hall–Kier alpha value is -1.89. The summed E-state index contributed by atoms with van der Waals surface area (Å²) in [5.74, 6) is 0. The maximum absolute atomic E-state index is 6.09. The van der Waals surface area contributed by atoms with E-state index in [4.69, 9.17) is 14.0 Å². The summed E-state index contributed by atoms with van der Waals surface area (Å²) in [7, 11) is -0.334. The quantitative estimate of drug-likeness (QED) is 0.649. The highest BCUT2D eigenvalue weighted by Crippen LogP contribution is 2.36. The van der Waals surface area contributed by atoms with Gasteiger partial charge in [-0.25, -0.2) is 4.98 Å². The highest BCUT2D eigenvalue weighted by atomic mass is 32.1. The maximum atomic E-state index is 6.09. The van der Waals surface area contributed by atoms with Gasteiger partial charge in [-0.05, 0) is 50.9 Å². The molecular weight excluding hydrogens is 345 g/mol. The fourth-order valence-electron chi connectivity index (χ4n) is 2.81. The van der Waals surface area contributed by atoms with E-state index < -0.39 is 0 Å². The molecule has 0 amide bonds. The minimum absolute atomic E-state index is 0.327. The minimum atomic E-state index is -0.334. The predicted molar refractivity (Wildman–Crippen MR) is 106 cm³/mol. The number of fused-ring (bicyclic) bond motifs is 1. The van der Waals surface area contributed by atoms with Crippen LogP contribution in [0.1, 0.15) is 33.3 Å². The minimum Gasteiger partial charge on any atom is -0.465 e. The van der Waals surface area contributed by atoms with Crippen molar-refractivity contribution in [3.05, 3.63) is 54.1 Å². The summed E-state index contributed by atoms with van der Waals surface area (Å²) in [6.07, 6.45) is 0. The molecule has 6 heteroatoms. The van der Waals surface area contributed by atoms with Crippen LogP contribution in [0.3, 0.4) is 0 Å². The first-order valence-corrected chi connectivity index (χ1v) is 9.59. The van der Waals surface area contributed by atoms with Gasteiger partial charge in [0.25, 0.3) is 5.19 Å². The van der Waals surface area contributed by atoms with Crippen LogP contribution in [0.15, 0.2) is 48.5 Å². The Labute approximate surface area is 158 Å². The van der Waals surface area contributed by atoms with Crippen LogP contribution in [0, 0.1) is 0 Å². The molecule has 1 saturated heterocycles. The molecule has 0 N–H and O–H groups in total.